The van der Waals surface area contributed by atoms with Gasteiger partial charge >= 0.3 is 0 Å². The number of aryl methyl sites for hydroxylation is 1. The fourth-order valence-electron chi connectivity index (χ4n) is 2.14. The molecule has 3 rings (SSSR count). The normalized spacial score (nSPS) is 24.4. The summed E-state index contributed by atoms with van der Waals surface area (Å²) in [5, 5.41) is 3.33. The molecule has 0 amide bonds. The van der Waals surface area contributed by atoms with Gasteiger partial charge in [-0.1, -0.05) is 18.0 Å². The van der Waals surface area contributed by atoms with E-state index in [2.05, 4.69) is 15.3 Å². The number of rotatable bonds is 2. The van der Waals surface area contributed by atoms with Crippen LogP contribution in [0.25, 0.3) is 5.65 Å². The molecule has 0 saturated carbocycles. The standard InChI is InChI=1S/C13H17ClN4/c1-9-12(14)16-8-18-7-11(17-13(9)18)6-10-4-2-3-5-15-10/h7-8,10,15H,2-6H2,1H3/t10-/m0/s1/i6D2,7D,8D. The highest BCUT2D eigenvalue weighted by Gasteiger charge is 2.15. The van der Waals surface area contributed by atoms with E-state index in [1.165, 1.54) is 4.40 Å². The maximum Gasteiger partial charge on any atom is 0.144 e. The fraction of sp³-hybridized carbons (Fsp3) is 0.538. The van der Waals surface area contributed by atoms with Crippen LogP contribution in [0.15, 0.2) is 12.5 Å². The first-order valence-electron chi connectivity index (χ1n) is 8.09. The Morgan fingerprint density at radius 3 is 3.33 bits per heavy atom. The van der Waals surface area contributed by atoms with Crippen molar-refractivity contribution in [2.75, 3.05) is 6.54 Å². The summed E-state index contributed by atoms with van der Waals surface area (Å²) in [5.74, 6) is 0. The highest BCUT2D eigenvalue weighted by Crippen LogP contribution is 2.18. The Balaban J connectivity index is 2.17. The summed E-state index contributed by atoms with van der Waals surface area (Å²) >= 11 is 5.97. The Morgan fingerprint density at radius 2 is 2.56 bits per heavy atom. The molecule has 0 spiro atoms. The van der Waals surface area contributed by atoms with Crippen molar-refractivity contribution < 1.29 is 5.48 Å². The molecule has 4 nitrogen and oxygen atoms in total. The lowest BCUT2D eigenvalue weighted by atomic mass is 10.0. The minimum absolute atomic E-state index is 0.0348. The minimum Gasteiger partial charge on any atom is -0.314 e. The van der Waals surface area contributed by atoms with Crippen molar-refractivity contribution in [1.29, 1.82) is 0 Å². The van der Waals surface area contributed by atoms with E-state index in [4.69, 9.17) is 17.1 Å². The van der Waals surface area contributed by atoms with Crippen molar-refractivity contribution in [3.05, 3.63) is 28.9 Å². The third-order valence-corrected chi connectivity index (χ3v) is 3.53. The van der Waals surface area contributed by atoms with Crippen LogP contribution in [0.3, 0.4) is 0 Å². The molecule has 2 aromatic heterocycles. The molecule has 0 unspecified atom stereocenters. The molecule has 1 aliphatic heterocycles. The van der Waals surface area contributed by atoms with Crippen molar-refractivity contribution in [2.45, 2.75) is 38.6 Å². The highest BCUT2D eigenvalue weighted by molar-refractivity contribution is 6.30. The van der Waals surface area contributed by atoms with E-state index in [1.807, 2.05) is 0 Å². The summed E-state index contributed by atoms with van der Waals surface area (Å²) in [7, 11) is 0. The quantitative estimate of drug-likeness (QED) is 0.851. The Labute approximate surface area is 117 Å². The molecule has 2 aromatic rings. The van der Waals surface area contributed by atoms with E-state index in [9.17, 15) is 0 Å². The van der Waals surface area contributed by atoms with Crippen LogP contribution in [0.4, 0.5) is 0 Å². The summed E-state index contributed by atoms with van der Waals surface area (Å²) in [5.41, 5.74) is 0.905. The van der Waals surface area contributed by atoms with Gasteiger partial charge in [-0.2, -0.15) is 0 Å². The Hall–Kier alpha value is -1.13. The minimum atomic E-state index is -1.78. The van der Waals surface area contributed by atoms with Gasteiger partial charge in [0.1, 0.15) is 18.5 Å². The number of imidazole rings is 1. The predicted octanol–water partition coefficient (Wildman–Crippen LogP) is 2.38. The number of nitrogens with zero attached hydrogens (tertiary/aromatic N) is 3. The zero-order chi connectivity index (χ0) is 16.1. The van der Waals surface area contributed by atoms with Crippen LogP contribution in [0.5, 0.6) is 0 Å². The number of nitrogens with one attached hydrogen (secondary N) is 1. The molecule has 96 valence electrons. The summed E-state index contributed by atoms with van der Waals surface area (Å²) in [6, 6.07) is -0.381. The number of fused-ring (bicyclic) bond motifs is 1. The van der Waals surface area contributed by atoms with Gasteiger partial charge in [-0.05, 0) is 26.3 Å². The monoisotopic (exact) mass is 268 g/mol. The van der Waals surface area contributed by atoms with Crippen LogP contribution in [-0.2, 0) is 6.37 Å². The van der Waals surface area contributed by atoms with Crippen LogP contribution in [-0.4, -0.2) is 27.0 Å². The molecule has 0 aromatic carbocycles. The van der Waals surface area contributed by atoms with E-state index in [1.54, 1.807) is 6.92 Å². The number of hydrogen-bond acceptors (Lipinski definition) is 3. The number of piperidine rings is 1. The largest absolute Gasteiger partial charge is 0.314 e. The first kappa shape index (κ1) is 8.12. The number of halogens is 1. The third kappa shape index (κ3) is 2.22. The lowest BCUT2D eigenvalue weighted by Crippen LogP contribution is -2.35. The van der Waals surface area contributed by atoms with Crippen LogP contribution in [0.2, 0.25) is 5.15 Å². The van der Waals surface area contributed by atoms with Gasteiger partial charge in [0, 0.05) is 26.9 Å². The van der Waals surface area contributed by atoms with Crippen molar-refractivity contribution in [1.82, 2.24) is 19.7 Å². The van der Waals surface area contributed by atoms with Crippen molar-refractivity contribution >= 4 is 17.2 Å². The number of aromatic nitrogens is 3. The van der Waals surface area contributed by atoms with Crippen LogP contribution >= 0.6 is 11.6 Å². The molecule has 3 heterocycles. The lowest BCUT2D eigenvalue weighted by Gasteiger charge is -2.22. The van der Waals surface area contributed by atoms with Gasteiger partial charge in [0.05, 0.1) is 7.06 Å². The van der Waals surface area contributed by atoms with E-state index < -0.39 is 6.37 Å². The van der Waals surface area contributed by atoms with E-state index in [-0.39, 0.29) is 29.4 Å². The highest BCUT2D eigenvalue weighted by atomic mass is 35.5. The topological polar surface area (TPSA) is 42.2 Å². The molecule has 18 heavy (non-hydrogen) atoms. The SMILES string of the molecule is [2H]c1nc(Cl)c(C)c2nc(C([2H])([2H])[C@@H]3CCCCN3)c([2H])n12. The summed E-state index contributed by atoms with van der Waals surface area (Å²) in [6.07, 6.45) is 0.557. The second-order valence-corrected chi connectivity index (χ2v) is 4.86. The predicted molar refractivity (Wildman–Crippen MR) is 72.1 cm³/mol. The van der Waals surface area contributed by atoms with Crippen LogP contribution in [0, 0.1) is 6.92 Å². The molecule has 5 heteroatoms. The lowest BCUT2D eigenvalue weighted by molar-refractivity contribution is 0.397. The second kappa shape index (κ2) is 4.86. The Kier molecular flexibility index (Phi) is 2.19. The van der Waals surface area contributed by atoms with Gasteiger partial charge in [0.2, 0.25) is 0 Å². The smallest absolute Gasteiger partial charge is 0.144 e. The molecule has 0 bridgehead atoms. The molecular weight excluding hydrogens is 248 g/mol. The van der Waals surface area contributed by atoms with E-state index in [0.717, 1.165) is 19.4 Å². The summed E-state index contributed by atoms with van der Waals surface area (Å²) in [4.78, 5) is 8.16. The van der Waals surface area contributed by atoms with Gasteiger partial charge in [0.15, 0.2) is 0 Å². The number of hydrogen-bond donors (Lipinski definition) is 1. The van der Waals surface area contributed by atoms with E-state index >= 15 is 0 Å². The fourth-order valence-corrected chi connectivity index (χ4v) is 2.26. The Morgan fingerprint density at radius 1 is 1.67 bits per heavy atom. The first-order chi connectivity index (χ1) is 10.3. The molecular formula is C13H17ClN4. The van der Waals surface area contributed by atoms with Crippen LogP contribution < -0.4 is 5.32 Å². The van der Waals surface area contributed by atoms with Gasteiger partial charge < -0.3 is 5.32 Å². The molecule has 0 radical (unpaired) electrons. The van der Waals surface area contributed by atoms with Gasteiger partial charge in [0.25, 0.3) is 0 Å². The maximum atomic E-state index is 8.42. The average molecular weight is 269 g/mol. The van der Waals surface area contributed by atoms with Gasteiger partial charge in [-0.3, -0.25) is 4.40 Å². The molecule has 1 saturated heterocycles. The zero-order valence-corrected chi connectivity index (χ0v) is 10.9. The Bertz CT molecular complexity index is 725. The van der Waals surface area contributed by atoms with Crippen molar-refractivity contribution in [3.8, 4) is 0 Å². The molecule has 1 aliphatic rings. The maximum absolute atomic E-state index is 8.42. The average Bonchev–Trinajstić information content (AvgIpc) is 2.85. The third-order valence-electron chi connectivity index (χ3n) is 3.16. The van der Waals surface area contributed by atoms with Crippen molar-refractivity contribution in [3.63, 3.8) is 0 Å². The summed E-state index contributed by atoms with van der Waals surface area (Å²) < 4.78 is 34.2. The van der Waals surface area contributed by atoms with Crippen molar-refractivity contribution in [2.24, 2.45) is 0 Å². The molecule has 0 aliphatic carbocycles. The first-order valence-corrected chi connectivity index (χ1v) is 6.47. The van der Waals surface area contributed by atoms with Gasteiger partial charge in [-0.25, -0.2) is 9.97 Å². The molecule has 1 atom stereocenters. The van der Waals surface area contributed by atoms with Gasteiger partial charge in [-0.15, -0.1) is 0 Å². The molecule has 1 fully saturated rings. The molecule has 1 N–H and O–H groups in total. The van der Waals surface area contributed by atoms with E-state index in [0.29, 0.717) is 17.6 Å². The zero-order valence-electron chi connectivity index (χ0n) is 14.1. The van der Waals surface area contributed by atoms with Crippen LogP contribution in [0.1, 0.15) is 36.0 Å². The summed E-state index contributed by atoms with van der Waals surface area (Å²) in [6.45, 7) is 2.47. The second-order valence-electron chi connectivity index (χ2n) is 4.51.